The maximum Gasteiger partial charge on any atom is 0.418 e. The monoisotopic (exact) mass is 375 g/mol. The predicted octanol–water partition coefficient (Wildman–Crippen LogP) is 4.89. The van der Waals surface area contributed by atoms with Gasteiger partial charge in [-0.1, -0.05) is 0 Å². The molecular formula is C14H6F9NO. The van der Waals surface area contributed by atoms with Gasteiger partial charge in [0.05, 0.1) is 22.4 Å². The van der Waals surface area contributed by atoms with Crippen molar-refractivity contribution in [3.63, 3.8) is 0 Å². The first kappa shape index (κ1) is 18.9. The first-order valence-electron chi connectivity index (χ1n) is 6.30. The zero-order chi connectivity index (χ0) is 19.2. The summed E-state index contributed by atoms with van der Waals surface area (Å²) < 4.78 is 115. The molecule has 11 heteroatoms. The second kappa shape index (κ2) is 5.81. The van der Waals surface area contributed by atoms with Gasteiger partial charge in [-0.05, 0) is 24.3 Å². The van der Waals surface area contributed by atoms with Gasteiger partial charge in [0.25, 0.3) is 5.56 Å². The number of hydrogen-bond donors (Lipinski definition) is 0. The summed E-state index contributed by atoms with van der Waals surface area (Å²) in [4.78, 5) is 11.7. The largest absolute Gasteiger partial charge is 0.418 e. The van der Waals surface area contributed by atoms with Crippen molar-refractivity contribution in [2.45, 2.75) is 18.5 Å². The van der Waals surface area contributed by atoms with Crippen molar-refractivity contribution in [3.8, 4) is 5.69 Å². The molecule has 2 nitrogen and oxygen atoms in total. The fourth-order valence-electron chi connectivity index (χ4n) is 1.99. The number of hydrogen-bond acceptors (Lipinski definition) is 1. The fourth-order valence-corrected chi connectivity index (χ4v) is 1.99. The molecule has 0 saturated carbocycles. The van der Waals surface area contributed by atoms with Gasteiger partial charge >= 0.3 is 18.5 Å². The van der Waals surface area contributed by atoms with Crippen molar-refractivity contribution in [1.82, 2.24) is 4.57 Å². The van der Waals surface area contributed by atoms with E-state index in [2.05, 4.69) is 0 Å². The second-order valence-electron chi connectivity index (χ2n) is 4.85. The lowest BCUT2D eigenvalue weighted by Crippen LogP contribution is -2.23. The summed E-state index contributed by atoms with van der Waals surface area (Å²) in [5, 5.41) is 0. The van der Waals surface area contributed by atoms with Gasteiger partial charge in [0.2, 0.25) is 0 Å². The molecule has 0 aliphatic carbocycles. The summed E-state index contributed by atoms with van der Waals surface area (Å²) in [6.07, 6.45) is -15.2. The number of aromatic nitrogens is 1. The molecule has 0 N–H and O–H groups in total. The predicted molar refractivity (Wildman–Crippen MR) is 67.0 cm³/mol. The van der Waals surface area contributed by atoms with Crippen molar-refractivity contribution < 1.29 is 39.5 Å². The van der Waals surface area contributed by atoms with Gasteiger partial charge in [-0.3, -0.25) is 9.36 Å². The molecular weight excluding hydrogens is 369 g/mol. The van der Waals surface area contributed by atoms with Crippen LogP contribution in [0.1, 0.15) is 16.7 Å². The van der Waals surface area contributed by atoms with Crippen molar-refractivity contribution in [3.05, 3.63) is 63.6 Å². The first-order chi connectivity index (χ1) is 11.2. The minimum absolute atomic E-state index is 0.0209. The molecule has 0 saturated heterocycles. The molecule has 0 aliphatic heterocycles. The third kappa shape index (κ3) is 3.97. The Morgan fingerprint density at radius 2 is 1.20 bits per heavy atom. The van der Waals surface area contributed by atoms with E-state index in [1.54, 1.807) is 0 Å². The third-order valence-electron chi connectivity index (χ3n) is 3.13. The highest BCUT2D eigenvalue weighted by atomic mass is 19.4. The minimum Gasteiger partial charge on any atom is -0.283 e. The van der Waals surface area contributed by atoms with Gasteiger partial charge in [0, 0.05) is 12.3 Å². The number of pyridine rings is 1. The van der Waals surface area contributed by atoms with Crippen LogP contribution in [-0.2, 0) is 18.5 Å². The Labute approximate surface area is 133 Å². The quantitative estimate of drug-likeness (QED) is 0.651. The number of rotatable bonds is 1. The van der Waals surface area contributed by atoms with Crippen LogP contribution in [0.2, 0.25) is 0 Å². The molecule has 0 unspecified atom stereocenters. The van der Waals surface area contributed by atoms with Crippen molar-refractivity contribution >= 4 is 0 Å². The average Bonchev–Trinajstić information content (AvgIpc) is 2.44. The van der Waals surface area contributed by atoms with Crippen LogP contribution in [0.15, 0.2) is 41.3 Å². The van der Waals surface area contributed by atoms with Crippen LogP contribution < -0.4 is 5.56 Å². The van der Waals surface area contributed by atoms with E-state index in [-0.39, 0.29) is 29.0 Å². The maximum absolute atomic E-state index is 13.0. The SMILES string of the molecule is O=c1ccc(C(F)(F)F)cn1-c1cc(C(F)(F)F)ccc1C(F)(F)F. The molecule has 0 atom stereocenters. The smallest absolute Gasteiger partial charge is 0.283 e. The van der Waals surface area contributed by atoms with Gasteiger partial charge in [-0.2, -0.15) is 39.5 Å². The summed E-state index contributed by atoms with van der Waals surface area (Å²) >= 11 is 0. The Kier molecular flexibility index (Phi) is 4.39. The normalized spacial score (nSPS) is 13.2. The van der Waals surface area contributed by atoms with Crippen molar-refractivity contribution in [2.24, 2.45) is 0 Å². The molecule has 1 heterocycles. The van der Waals surface area contributed by atoms with Crippen LogP contribution in [0.25, 0.3) is 5.69 Å². The Morgan fingerprint density at radius 1 is 0.680 bits per heavy atom. The topological polar surface area (TPSA) is 22.0 Å². The van der Waals surface area contributed by atoms with Gasteiger partial charge in [0.15, 0.2) is 0 Å². The van der Waals surface area contributed by atoms with Crippen LogP contribution in [0.5, 0.6) is 0 Å². The molecule has 136 valence electrons. The highest BCUT2D eigenvalue weighted by molar-refractivity contribution is 5.47. The summed E-state index contributed by atoms with van der Waals surface area (Å²) in [5.41, 5.74) is -7.41. The number of halogens is 9. The Bertz CT molecular complexity index is 843. The highest BCUT2D eigenvalue weighted by Crippen LogP contribution is 2.38. The Morgan fingerprint density at radius 3 is 1.68 bits per heavy atom. The van der Waals surface area contributed by atoms with Crippen molar-refractivity contribution in [2.75, 3.05) is 0 Å². The fraction of sp³-hybridized carbons (Fsp3) is 0.214. The number of nitrogens with zero attached hydrogens (tertiary/aromatic N) is 1. The summed E-state index contributed by atoms with van der Waals surface area (Å²) in [6.45, 7) is 0. The van der Waals surface area contributed by atoms with Gasteiger partial charge in [0.1, 0.15) is 0 Å². The molecule has 0 radical (unpaired) electrons. The molecule has 0 aliphatic rings. The maximum atomic E-state index is 13.0. The van der Waals surface area contributed by atoms with E-state index in [1.165, 1.54) is 0 Å². The van der Waals surface area contributed by atoms with Crippen LogP contribution in [0.3, 0.4) is 0 Å². The highest BCUT2D eigenvalue weighted by Gasteiger charge is 2.38. The number of alkyl halides is 9. The number of benzene rings is 1. The minimum atomic E-state index is -5.19. The second-order valence-corrected chi connectivity index (χ2v) is 4.85. The van der Waals surface area contributed by atoms with E-state index in [0.29, 0.717) is 12.1 Å². The van der Waals surface area contributed by atoms with E-state index in [4.69, 9.17) is 0 Å². The molecule has 25 heavy (non-hydrogen) atoms. The van der Waals surface area contributed by atoms with Gasteiger partial charge in [-0.25, -0.2) is 0 Å². The zero-order valence-corrected chi connectivity index (χ0v) is 11.7. The summed E-state index contributed by atoms with van der Waals surface area (Å²) in [6, 6.07) is 0.809. The Balaban J connectivity index is 2.83. The lowest BCUT2D eigenvalue weighted by molar-refractivity contribution is -0.141. The van der Waals surface area contributed by atoms with Crippen LogP contribution in [-0.4, -0.2) is 4.57 Å². The molecule has 0 spiro atoms. The zero-order valence-electron chi connectivity index (χ0n) is 11.7. The van der Waals surface area contributed by atoms with Crippen LogP contribution in [0, 0.1) is 0 Å². The standard InChI is InChI=1S/C14H6F9NO/c15-12(16,17)7-1-3-9(14(21,22)23)10(5-7)24-6-8(13(18,19)20)2-4-11(24)25/h1-6H. The molecule has 0 fully saturated rings. The average molecular weight is 375 g/mol. The summed E-state index contributed by atoms with van der Waals surface area (Å²) in [5.74, 6) is 0. The summed E-state index contributed by atoms with van der Waals surface area (Å²) in [7, 11) is 0. The van der Waals surface area contributed by atoms with E-state index in [9.17, 15) is 44.3 Å². The lowest BCUT2D eigenvalue weighted by atomic mass is 10.1. The van der Waals surface area contributed by atoms with E-state index in [1.807, 2.05) is 0 Å². The van der Waals surface area contributed by atoms with E-state index >= 15 is 0 Å². The third-order valence-corrected chi connectivity index (χ3v) is 3.13. The van der Waals surface area contributed by atoms with E-state index in [0.717, 1.165) is 0 Å². The molecule has 2 aromatic rings. The van der Waals surface area contributed by atoms with Crippen LogP contribution in [0.4, 0.5) is 39.5 Å². The van der Waals surface area contributed by atoms with E-state index < -0.39 is 46.5 Å². The molecule has 0 amide bonds. The van der Waals surface area contributed by atoms with Gasteiger partial charge in [-0.15, -0.1) is 0 Å². The molecule has 2 rings (SSSR count). The molecule has 1 aromatic carbocycles. The van der Waals surface area contributed by atoms with Crippen molar-refractivity contribution in [1.29, 1.82) is 0 Å². The lowest BCUT2D eigenvalue weighted by Gasteiger charge is -2.18. The van der Waals surface area contributed by atoms with Crippen LogP contribution >= 0.6 is 0 Å². The van der Waals surface area contributed by atoms with Gasteiger partial charge < -0.3 is 0 Å². The molecule has 0 bridgehead atoms. The molecule has 1 aromatic heterocycles. The first-order valence-corrected chi connectivity index (χ1v) is 6.30. The Hall–Kier alpha value is -2.46.